The van der Waals surface area contributed by atoms with Gasteiger partial charge in [-0.1, -0.05) is 0 Å². The molecule has 0 radical (unpaired) electrons. The SMILES string of the molecule is CCOC(=O)CCOc1ccc2c(c1)N(C)C(=O)N(c1ccc(N(C)C)cc1)S2(=O)=O. The predicted molar refractivity (Wildman–Crippen MR) is 117 cm³/mol. The highest BCUT2D eigenvalue weighted by Crippen LogP contribution is 2.38. The third-order valence-corrected chi connectivity index (χ3v) is 6.50. The summed E-state index contributed by atoms with van der Waals surface area (Å²) in [5.74, 6) is -0.0343. The molecule has 0 saturated carbocycles. The molecule has 0 N–H and O–H groups in total. The lowest BCUT2D eigenvalue weighted by Crippen LogP contribution is -2.49. The lowest BCUT2D eigenvalue weighted by molar-refractivity contribution is -0.143. The molecule has 0 atom stereocenters. The van der Waals surface area contributed by atoms with Gasteiger partial charge in [0.1, 0.15) is 10.6 Å². The number of carbonyl (C=O) groups is 2. The number of nitrogens with zero attached hydrogens (tertiary/aromatic N) is 3. The minimum atomic E-state index is -4.11. The first kappa shape index (κ1) is 22.4. The Hall–Kier alpha value is -3.27. The van der Waals surface area contributed by atoms with E-state index in [0.29, 0.717) is 5.75 Å². The second-order valence-electron chi connectivity index (χ2n) is 7.05. The van der Waals surface area contributed by atoms with Gasteiger partial charge in [0.15, 0.2) is 0 Å². The normalized spacial score (nSPS) is 14.8. The highest BCUT2D eigenvalue weighted by atomic mass is 32.2. The Morgan fingerprint density at radius 3 is 2.39 bits per heavy atom. The van der Waals surface area contributed by atoms with Crippen molar-refractivity contribution in [3.8, 4) is 5.75 Å². The van der Waals surface area contributed by atoms with Crippen molar-refractivity contribution in [2.45, 2.75) is 18.2 Å². The molecule has 31 heavy (non-hydrogen) atoms. The Labute approximate surface area is 181 Å². The third kappa shape index (κ3) is 4.43. The van der Waals surface area contributed by atoms with Crippen molar-refractivity contribution < 1.29 is 27.5 Å². The number of carbonyl (C=O) groups excluding carboxylic acids is 2. The number of urea groups is 1. The van der Waals surface area contributed by atoms with Crippen LogP contribution in [-0.4, -0.2) is 54.8 Å². The van der Waals surface area contributed by atoms with Gasteiger partial charge in [0, 0.05) is 32.9 Å². The molecule has 0 aliphatic carbocycles. The fourth-order valence-corrected chi connectivity index (χ4v) is 4.75. The van der Waals surface area contributed by atoms with E-state index in [-0.39, 0.29) is 41.9 Å². The third-order valence-electron chi connectivity index (χ3n) is 4.75. The van der Waals surface area contributed by atoms with Crippen LogP contribution in [0.25, 0.3) is 0 Å². The molecule has 0 unspecified atom stereocenters. The van der Waals surface area contributed by atoms with Gasteiger partial charge in [0.05, 0.1) is 31.0 Å². The second-order valence-corrected chi connectivity index (χ2v) is 8.81. The highest BCUT2D eigenvalue weighted by molar-refractivity contribution is 7.94. The number of amides is 2. The van der Waals surface area contributed by atoms with Crippen LogP contribution in [0.5, 0.6) is 5.75 Å². The molecule has 10 heteroatoms. The van der Waals surface area contributed by atoms with E-state index in [1.54, 1.807) is 31.2 Å². The quantitative estimate of drug-likeness (QED) is 0.602. The van der Waals surface area contributed by atoms with Crippen LogP contribution in [0, 0.1) is 0 Å². The van der Waals surface area contributed by atoms with E-state index in [0.717, 1.165) is 9.99 Å². The topological polar surface area (TPSA) is 96.5 Å². The summed E-state index contributed by atoms with van der Waals surface area (Å²) in [6.45, 7) is 2.08. The zero-order valence-electron chi connectivity index (χ0n) is 17.9. The van der Waals surface area contributed by atoms with E-state index in [1.165, 1.54) is 30.1 Å². The fourth-order valence-electron chi connectivity index (χ4n) is 3.13. The molecule has 2 amide bonds. The monoisotopic (exact) mass is 447 g/mol. The number of hydrogen-bond donors (Lipinski definition) is 0. The van der Waals surface area contributed by atoms with E-state index in [4.69, 9.17) is 9.47 Å². The maximum Gasteiger partial charge on any atom is 0.342 e. The summed E-state index contributed by atoms with van der Waals surface area (Å²) in [7, 11) is 1.13. The lowest BCUT2D eigenvalue weighted by Gasteiger charge is -2.34. The first-order chi connectivity index (χ1) is 14.7. The lowest BCUT2D eigenvalue weighted by atomic mass is 10.2. The van der Waals surface area contributed by atoms with Crippen LogP contribution in [0.1, 0.15) is 13.3 Å². The average molecular weight is 448 g/mol. The summed E-state index contributed by atoms with van der Waals surface area (Å²) in [4.78, 5) is 27.5. The molecule has 1 aliphatic heterocycles. The molecular formula is C21H25N3O6S. The van der Waals surface area contributed by atoms with Gasteiger partial charge in [-0.05, 0) is 43.3 Å². The molecule has 0 spiro atoms. The molecule has 0 bridgehead atoms. The molecule has 1 heterocycles. The summed E-state index contributed by atoms with van der Waals surface area (Å²) < 4.78 is 37.6. The van der Waals surface area contributed by atoms with Gasteiger partial charge in [-0.2, -0.15) is 4.31 Å². The molecule has 0 aromatic heterocycles. The van der Waals surface area contributed by atoms with Crippen LogP contribution < -0.4 is 18.8 Å². The Morgan fingerprint density at radius 1 is 1.10 bits per heavy atom. The standard InChI is InChI=1S/C21H25N3O6S/c1-5-29-20(25)12-13-30-17-10-11-19-18(14-17)23(4)21(26)24(31(19,27)28)16-8-6-15(7-9-16)22(2)3/h6-11,14H,5,12-13H2,1-4H3. The average Bonchev–Trinajstić information content (AvgIpc) is 2.72. The largest absolute Gasteiger partial charge is 0.493 e. The van der Waals surface area contributed by atoms with Gasteiger partial charge in [-0.3, -0.25) is 9.69 Å². The van der Waals surface area contributed by atoms with Crippen LogP contribution in [0.2, 0.25) is 0 Å². The summed E-state index contributed by atoms with van der Waals surface area (Å²) >= 11 is 0. The minimum absolute atomic E-state index is 0.0102. The number of fused-ring (bicyclic) bond motifs is 1. The molecular weight excluding hydrogens is 422 g/mol. The number of sulfonamides is 1. The first-order valence-electron chi connectivity index (χ1n) is 9.69. The smallest absolute Gasteiger partial charge is 0.342 e. The maximum absolute atomic E-state index is 13.2. The number of benzene rings is 2. The zero-order valence-corrected chi connectivity index (χ0v) is 18.7. The van der Waals surface area contributed by atoms with Crippen molar-refractivity contribution in [3.63, 3.8) is 0 Å². The number of ether oxygens (including phenoxy) is 2. The molecule has 2 aromatic rings. The van der Waals surface area contributed by atoms with Crippen molar-refractivity contribution in [1.29, 1.82) is 0 Å². The van der Waals surface area contributed by atoms with E-state index in [2.05, 4.69) is 0 Å². The van der Waals surface area contributed by atoms with E-state index < -0.39 is 16.1 Å². The number of anilines is 3. The minimum Gasteiger partial charge on any atom is -0.493 e. The van der Waals surface area contributed by atoms with Crippen molar-refractivity contribution >= 4 is 39.1 Å². The second kappa shape index (κ2) is 8.84. The Kier molecular flexibility index (Phi) is 6.40. The van der Waals surface area contributed by atoms with Crippen molar-refractivity contribution in [1.82, 2.24) is 0 Å². The Morgan fingerprint density at radius 2 is 1.77 bits per heavy atom. The van der Waals surface area contributed by atoms with E-state index in [9.17, 15) is 18.0 Å². The molecule has 3 rings (SSSR count). The van der Waals surface area contributed by atoms with Gasteiger partial charge in [0.25, 0.3) is 10.0 Å². The summed E-state index contributed by atoms with van der Waals surface area (Å²) in [6, 6.07) is 10.3. The van der Waals surface area contributed by atoms with Crippen LogP contribution in [0.3, 0.4) is 0 Å². The summed E-state index contributed by atoms with van der Waals surface area (Å²) in [6.07, 6.45) is 0.0642. The first-order valence-corrected chi connectivity index (χ1v) is 11.1. The number of hydrogen-bond acceptors (Lipinski definition) is 7. The molecule has 166 valence electrons. The van der Waals surface area contributed by atoms with Crippen LogP contribution >= 0.6 is 0 Å². The number of rotatable bonds is 7. The summed E-state index contributed by atoms with van der Waals surface area (Å²) in [5, 5.41) is 0. The van der Waals surface area contributed by atoms with Crippen molar-refractivity contribution in [3.05, 3.63) is 42.5 Å². The molecule has 1 aliphatic rings. The fraction of sp³-hybridized carbons (Fsp3) is 0.333. The Balaban J connectivity index is 1.88. The molecule has 0 fully saturated rings. The van der Waals surface area contributed by atoms with Crippen LogP contribution in [0.15, 0.2) is 47.4 Å². The van der Waals surface area contributed by atoms with E-state index in [1.807, 2.05) is 19.0 Å². The maximum atomic E-state index is 13.2. The number of esters is 1. The molecule has 9 nitrogen and oxygen atoms in total. The summed E-state index contributed by atoms with van der Waals surface area (Å²) in [5.41, 5.74) is 1.34. The van der Waals surface area contributed by atoms with Crippen molar-refractivity contribution in [2.24, 2.45) is 0 Å². The molecule has 0 saturated heterocycles. The van der Waals surface area contributed by atoms with Gasteiger partial charge in [-0.25, -0.2) is 13.2 Å². The molecule has 2 aromatic carbocycles. The van der Waals surface area contributed by atoms with Gasteiger partial charge >= 0.3 is 12.0 Å². The predicted octanol–water partition coefficient (Wildman–Crippen LogP) is 2.85. The van der Waals surface area contributed by atoms with Crippen molar-refractivity contribution in [2.75, 3.05) is 48.5 Å². The van der Waals surface area contributed by atoms with Gasteiger partial charge in [0.2, 0.25) is 0 Å². The van der Waals surface area contributed by atoms with Crippen LogP contribution in [0.4, 0.5) is 21.9 Å². The Bertz CT molecular complexity index is 1080. The van der Waals surface area contributed by atoms with E-state index >= 15 is 0 Å². The van der Waals surface area contributed by atoms with Crippen LogP contribution in [-0.2, 0) is 19.6 Å². The van der Waals surface area contributed by atoms with Gasteiger partial charge in [-0.15, -0.1) is 0 Å². The highest BCUT2D eigenvalue weighted by Gasteiger charge is 2.41. The zero-order chi connectivity index (χ0) is 22.8. The van der Waals surface area contributed by atoms with Gasteiger partial charge < -0.3 is 14.4 Å².